The summed E-state index contributed by atoms with van der Waals surface area (Å²) in [6, 6.07) is 8.85. The maximum atomic E-state index is 12.1. The van der Waals surface area contributed by atoms with E-state index in [1.165, 1.54) is 30.5 Å². The second kappa shape index (κ2) is 6.07. The molecule has 0 spiro atoms. The minimum Gasteiger partial charge on any atom is -0.504 e. The Morgan fingerprint density at radius 3 is 2.36 bits per heavy atom. The molecule has 0 aromatic heterocycles. The first-order valence-electron chi connectivity index (χ1n) is 6.44. The van der Waals surface area contributed by atoms with E-state index < -0.39 is 10.0 Å². The molecule has 0 heterocycles. The molecule has 6 nitrogen and oxygen atoms in total. The maximum absolute atomic E-state index is 12.1. The van der Waals surface area contributed by atoms with Crippen LogP contribution in [0.2, 0.25) is 0 Å². The summed E-state index contributed by atoms with van der Waals surface area (Å²) < 4.78 is 24.2. The van der Waals surface area contributed by atoms with Gasteiger partial charge >= 0.3 is 0 Å². The Morgan fingerprint density at radius 2 is 1.73 bits per heavy atom. The molecule has 0 bridgehead atoms. The van der Waals surface area contributed by atoms with Gasteiger partial charge in [-0.2, -0.15) is 13.5 Å². The number of rotatable bonds is 4. The van der Waals surface area contributed by atoms with Crippen LogP contribution in [0, 0.1) is 13.8 Å². The maximum Gasteiger partial charge on any atom is 0.276 e. The first kappa shape index (κ1) is 15.8. The smallest absolute Gasteiger partial charge is 0.276 e. The molecule has 0 radical (unpaired) electrons. The molecule has 7 heteroatoms. The lowest BCUT2D eigenvalue weighted by atomic mass is 10.1. The average Bonchev–Trinajstić information content (AvgIpc) is 2.45. The van der Waals surface area contributed by atoms with Crippen LogP contribution in [0.4, 0.5) is 0 Å². The number of nitrogens with zero attached hydrogens (tertiary/aromatic N) is 1. The number of nitrogens with one attached hydrogen (secondary N) is 1. The minimum atomic E-state index is -3.75. The van der Waals surface area contributed by atoms with Gasteiger partial charge in [0.1, 0.15) is 0 Å². The third kappa shape index (κ3) is 3.56. The van der Waals surface area contributed by atoms with Gasteiger partial charge in [-0.1, -0.05) is 6.07 Å². The number of benzene rings is 2. The highest BCUT2D eigenvalue weighted by Crippen LogP contribution is 2.24. The third-order valence-corrected chi connectivity index (χ3v) is 4.39. The number of phenols is 2. The molecule has 0 atom stereocenters. The van der Waals surface area contributed by atoms with Gasteiger partial charge in [0.25, 0.3) is 10.0 Å². The summed E-state index contributed by atoms with van der Waals surface area (Å²) >= 11 is 0. The van der Waals surface area contributed by atoms with Crippen LogP contribution < -0.4 is 4.83 Å². The van der Waals surface area contributed by atoms with Crippen LogP contribution in [0.5, 0.6) is 11.5 Å². The summed E-state index contributed by atoms with van der Waals surface area (Å²) in [7, 11) is -3.75. The lowest BCUT2D eigenvalue weighted by molar-refractivity contribution is 0.403. The third-order valence-electron chi connectivity index (χ3n) is 3.17. The van der Waals surface area contributed by atoms with E-state index in [-0.39, 0.29) is 16.4 Å². The number of hydrogen-bond donors (Lipinski definition) is 3. The van der Waals surface area contributed by atoms with Gasteiger partial charge in [-0.3, -0.25) is 0 Å². The molecule has 2 aromatic rings. The number of sulfonamides is 1. The number of aromatic hydroxyl groups is 2. The van der Waals surface area contributed by atoms with E-state index >= 15 is 0 Å². The van der Waals surface area contributed by atoms with E-state index in [1.807, 2.05) is 13.8 Å². The zero-order valence-corrected chi connectivity index (χ0v) is 12.9. The van der Waals surface area contributed by atoms with Gasteiger partial charge in [0.2, 0.25) is 0 Å². The van der Waals surface area contributed by atoms with E-state index in [0.717, 1.165) is 11.1 Å². The zero-order chi connectivity index (χ0) is 16.3. The van der Waals surface area contributed by atoms with E-state index in [9.17, 15) is 18.6 Å². The number of hydrogen-bond acceptors (Lipinski definition) is 5. The molecular weight excluding hydrogens is 304 g/mol. The van der Waals surface area contributed by atoms with Crippen molar-refractivity contribution in [3.63, 3.8) is 0 Å². The summed E-state index contributed by atoms with van der Waals surface area (Å²) in [5.74, 6) is -0.561. The summed E-state index contributed by atoms with van der Waals surface area (Å²) in [4.78, 5) is 2.23. The molecule has 3 N–H and O–H groups in total. The van der Waals surface area contributed by atoms with Crippen molar-refractivity contribution in [3.05, 3.63) is 53.1 Å². The van der Waals surface area contributed by atoms with Crippen molar-refractivity contribution in [2.75, 3.05) is 0 Å². The molecule has 0 saturated carbocycles. The highest BCUT2D eigenvalue weighted by molar-refractivity contribution is 7.89. The van der Waals surface area contributed by atoms with Crippen molar-refractivity contribution in [1.82, 2.24) is 4.83 Å². The van der Waals surface area contributed by atoms with Gasteiger partial charge in [-0.15, -0.1) is 0 Å². The topological polar surface area (TPSA) is 99.0 Å². The summed E-state index contributed by atoms with van der Waals surface area (Å²) in [6.45, 7) is 3.73. The lowest BCUT2D eigenvalue weighted by Crippen LogP contribution is -2.18. The predicted molar refractivity (Wildman–Crippen MR) is 83.6 cm³/mol. The molecular formula is C15H16N2O4S. The Balaban J connectivity index is 2.16. The van der Waals surface area contributed by atoms with Gasteiger partial charge in [-0.25, -0.2) is 4.83 Å². The molecule has 0 unspecified atom stereocenters. The molecule has 22 heavy (non-hydrogen) atoms. The fourth-order valence-corrected chi connectivity index (χ4v) is 2.60. The molecule has 0 saturated heterocycles. The summed E-state index contributed by atoms with van der Waals surface area (Å²) in [5, 5.41) is 22.2. The standard InChI is InChI=1S/C15H16N2O4S/c1-10-3-5-13(7-11(10)2)22(20,21)17-16-9-12-4-6-14(18)15(19)8-12/h3-9,17-19H,1-2H3/b16-9+. The van der Waals surface area contributed by atoms with E-state index in [4.69, 9.17) is 0 Å². The quantitative estimate of drug-likeness (QED) is 0.456. The minimum absolute atomic E-state index is 0.126. The normalized spacial score (nSPS) is 11.7. The second-order valence-electron chi connectivity index (χ2n) is 4.85. The first-order valence-corrected chi connectivity index (χ1v) is 7.92. The van der Waals surface area contributed by atoms with Crippen LogP contribution in [-0.4, -0.2) is 24.8 Å². The molecule has 116 valence electrons. The predicted octanol–water partition coefficient (Wildman–Crippen LogP) is 2.03. The van der Waals surface area contributed by atoms with Gasteiger partial charge < -0.3 is 10.2 Å². The van der Waals surface area contributed by atoms with Crippen molar-refractivity contribution < 1.29 is 18.6 Å². The molecule has 2 aromatic carbocycles. The van der Waals surface area contributed by atoms with E-state index in [0.29, 0.717) is 5.56 Å². The summed E-state index contributed by atoms with van der Waals surface area (Å²) in [5.41, 5.74) is 2.32. The fourth-order valence-electron chi connectivity index (χ4n) is 1.72. The molecule has 0 fully saturated rings. The Hall–Kier alpha value is -2.54. The number of phenolic OH excluding ortho intramolecular Hbond substituents is 2. The van der Waals surface area contributed by atoms with Crippen LogP contribution in [0.1, 0.15) is 16.7 Å². The van der Waals surface area contributed by atoms with Gasteiger partial charge in [0.15, 0.2) is 11.5 Å². The summed E-state index contributed by atoms with van der Waals surface area (Å²) in [6.07, 6.45) is 1.23. The van der Waals surface area contributed by atoms with Crippen molar-refractivity contribution in [1.29, 1.82) is 0 Å². The number of hydrazone groups is 1. The van der Waals surface area contributed by atoms with Crippen molar-refractivity contribution in [3.8, 4) is 11.5 Å². The Morgan fingerprint density at radius 1 is 1.00 bits per heavy atom. The van der Waals surface area contributed by atoms with Crippen molar-refractivity contribution in [2.45, 2.75) is 18.7 Å². The van der Waals surface area contributed by atoms with E-state index in [2.05, 4.69) is 9.93 Å². The monoisotopic (exact) mass is 320 g/mol. The molecule has 0 amide bonds. The Labute approximate surface area is 128 Å². The first-order chi connectivity index (χ1) is 10.3. The SMILES string of the molecule is Cc1ccc(S(=O)(=O)N/N=C/c2ccc(O)c(O)c2)cc1C. The largest absolute Gasteiger partial charge is 0.504 e. The lowest BCUT2D eigenvalue weighted by Gasteiger charge is -2.06. The second-order valence-corrected chi connectivity index (χ2v) is 6.51. The van der Waals surface area contributed by atoms with Crippen LogP contribution in [-0.2, 0) is 10.0 Å². The van der Waals surface area contributed by atoms with Crippen molar-refractivity contribution in [2.24, 2.45) is 5.10 Å². The van der Waals surface area contributed by atoms with Crippen LogP contribution in [0.25, 0.3) is 0 Å². The molecule has 0 aliphatic carbocycles. The molecule has 2 rings (SSSR count). The Bertz CT molecular complexity index is 829. The zero-order valence-electron chi connectivity index (χ0n) is 12.1. The number of aryl methyl sites for hydroxylation is 2. The average molecular weight is 320 g/mol. The van der Waals surface area contributed by atoms with Gasteiger partial charge in [0.05, 0.1) is 11.1 Å². The molecule has 0 aliphatic heterocycles. The van der Waals surface area contributed by atoms with Crippen LogP contribution >= 0.6 is 0 Å². The van der Waals surface area contributed by atoms with E-state index in [1.54, 1.807) is 12.1 Å². The molecule has 0 aliphatic rings. The van der Waals surface area contributed by atoms with Gasteiger partial charge in [0, 0.05) is 0 Å². The Kier molecular flexibility index (Phi) is 4.37. The highest BCUT2D eigenvalue weighted by Gasteiger charge is 2.13. The highest BCUT2D eigenvalue weighted by atomic mass is 32.2. The van der Waals surface area contributed by atoms with Crippen LogP contribution in [0.3, 0.4) is 0 Å². The van der Waals surface area contributed by atoms with Crippen LogP contribution in [0.15, 0.2) is 46.4 Å². The van der Waals surface area contributed by atoms with Crippen molar-refractivity contribution >= 4 is 16.2 Å². The van der Waals surface area contributed by atoms with Gasteiger partial charge in [-0.05, 0) is 60.9 Å². The fraction of sp³-hybridized carbons (Fsp3) is 0.133.